The summed E-state index contributed by atoms with van der Waals surface area (Å²) in [5.41, 5.74) is 0.794. The predicted octanol–water partition coefficient (Wildman–Crippen LogP) is 2.76. The molecule has 2 N–H and O–H groups in total. The molecule has 1 aromatic rings. The molecule has 0 saturated heterocycles. The van der Waals surface area contributed by atoms with Crippen molar-refractivity contribution in [1.82, 2.24) is 4.98 Å². The van der Waals surface area contributed by atoms with E-state index in [-0.39, 0.29) is 6.07 Å². The largest absolute Gasteiger partial charge is 0.433 e. The number of halogens is 6. The molecule has 0 unspecified atom stereocenters. The average molecular weight is 230 g/mol. The number of aromatic nitrogens is 1. The van der Waals surface area contributed by atoms with Crippen molar-refractivity contribution in [2.45, 2.75) is 12.6 Å². The van der Waals surface area contributed by atoms with Gasteiger partial charge >= 0.3 is 6.18 Å². The fourth-order valence-corrected chi connectivity index (χ4v) is 0.868. The Bertz CT molecular complexity index is 372. The van der Waals surface area contributed by atoms with Crippen molar-refractivity contribution in [3.63, 3.8) is 0 Å². The Morgan fingerprint density at radius 2 is 1.80 bits per heavy atom. The Labute approximate surface area is 79.7 Å². The van der Waals surface area contributed by atoms with Gasteiger partial charge in [0.25, 0.3) is 6.43 Å². The Kier molecular flexibility index (Phi) is 2.78. The van der Waals surface area contributed by atoms with Crippen molar-refractivity contribution in [3.05, 3.63) is 23.3 Å². The molecule has 0 amide bonds. The van der Waals surface area contributed by atoms with Crippen LogP contribution in [0, 0.1) is 5.95 Å². The summed E-state index contributed by atoms with van der Waals surface area (Å²) in [6, 6.07) is 0.0308. The van der Waals surface area contributed by atoms with Crippen LogP contribution in [0.15, 0.2) is 6.07 Å². The Balaban J connectivity index is 3.36. The number of nitrogen functional groups attached to an aromatic ring is 1. The molecule has 0 atom stereocenters. The number of hydrogen-bond donors (Lipinski definition) is 1. The normalized spacial score (nSPS) is 12.2. The van der Waals surface area contributed by atoms with Crippen molar-refractivity contribution < 1.29 is 26.3 Å². The van der Waals surface area contributed by atoms with Crippen LogP contribution < -0.4 is 5.73 Å². The second kappa shape index (κ2) is 3.59. The highest BCUT2D eigenvalue weighted by Gasteiger charge is 2.35. The molecular formula is C7H4F6N2. The number of anilines is 1. The van der Waals surface area contributed by atoms with Gasteiger partial charge in [-0.3, -0.25) is 0 Å². The highest BCUT2D eigenvalue weighted by molar-refractivity contribution is 5.47. The van der Waals surface area contributed by atoms with Crippen LogP contribution in [0.5, 0.6) is 0 Å². The number of alkyl halides is 5. The molecular weight excluding hydrogens is 226 g/mol. The van der Waals surface area contributed by atoms with Gasteiger partial charge < -0.3 is 5.73 Å². The summed E-state index contributed by atoms with van der Waals surface area (Å²) in [4.78, 5) is 2.44. The molecule has 1 rings (SSSR count). The van der Waals surface area contributed by atoms with E-state index in [1.165, 1.54) is 0 Å². The quantitative estimate of drug-likeness (QED) is 0.595. The van der Waals surface area contributed by atoms with Crippen LogP contribution in [-0.2, 0) is 6.18 Å². The maximum absolute atomic E-state index is 12.7. The minimum atomic E-state index is -4.99. The summed E-state index contributed by atoms with van der Waals surface area (Å²) in [6.07, 6.45) is -8.28. The van der Waals surface area contributed by atoms with Gasteiger partial charge in [-0.1, -0.05) is 0 Å². The van der Waals surface area contributed by atoms with Crippen molar-refractivity contribution in [1.29, 1.82) is 0 Å². The second-order valence-corrected chi connectivity index (χ2v) is 2.60. The van der Waals surface area contributed by atoms with Crippen molar-refractivity contribution >= 4 is 5.69 Å². The van der Waals surface area contributed by atoms with Crippen LogP contribution in [0.25, 0.3) is 0 Å². The molecule has 0 spiro atoms. The van der Waals surface area contributed by atoms with E-state index in [9.17, 15) is 26.3 Å². The lowest BCUT2D eigenvalue weighted by atomic mass is 10.2. The van der Waals surface area contributed by atoms with Crippen LogP contribution in [-0.4, -0.2) is 4.98 Å². The average Bonchev–Trinajstić information content (AvgIpc) is 2.06. The Hall–Kier alpha value is -1.47. The number of nitrogens with zero attached hydrogens (tertiary/aromatic N) is 1. The topological polar surface area (TPSA) is 38.9 Å². The first-order valence-corrected chi connectivity index (χ1v) is 3.54. The van der Waals surface area contributed by atoms with Crippen molar-refractivity contribution in [2.24, 2.45) is 0 Å². The summed E-state index contributed by atoms with van der Waals surface area (Å²) >= 11 is 0. The third kappa shape index (κ3) is 2.31. The molecule has 0 aliphatic rings. The molecule has 1 heterocycles. The van der Waals surface area contributed by atoms with Gasteiger partial charge in [0.1, 0.15) is 5.69 Å². The summed E-state index contributed by atoms with van der Waals surface area (Å²) in [6.45, 7) is 0. The molecule has 0 fully saturated rings. The summed E-state index contributed by atoms with van der Waals surface area (Å²) in [5.74, 6) is -1.75. The predicted molar refractivity (Wildman–Crippen MR) is 38.6 cm³/mol. The van der Waals surface area contributed by atoms with Crippen LogP contribution in [0.1, 0.15) is 17.7 Å². The summed E-state index contributed by atoms with van der Waals surface area (Å²) in [5, 5.41) is 0. The van der Waals surface area contributed by atoms with E-state index in [0.717, 1.165) is 0 Å². The molecule has 0 aliphatic heterocycles. The number of pyridine rings is 1. The zero-order valence-corrected chi connectivity index (χ0v) is 6.95. The first-order valence-electron chi connectivity index (χ1n) is 3.54. The minimum Gasteiger partial charge on any atom is -0.395 e. The number of nitrogens with two attached hydrogens (primary N) is 1. The van der Waals surface area contributed by atoms with Gasteiger partial charge in [-0.15, -0.1) is 0 Å². The first kappa shape index (κ1) is 11.6. The van der Waals surface area contributed by atoms with Crippen LogP contribution in [0.2, 0.25) is 0 Å². The SMILES string of the molecule is Nc1c(C(F)F)cc(C(F)(F)F)nc1F. The van der Waals surface area contributed by atoms with Crippen LogP contribution in [0.4, 0.5) is 32.0 Å². The van der Waals surface area contributed by atoms with Gasteiger partial charge in [-0.2, -0.15) is 17.6 Å². The molecule has 84 valence electrons. The summed E-state index contributed by atoms with van der Waals surface area (Å²) in [7, 11) is 0. The molecule has 0 aromatic carbocycles. The maximum atomic E-state index is 12.7. The van der Waals surface area contributed by atoms with E-state index in [0.29, 0.717) is 0 Å². The van der Waals surface area contributed by atoms with Crippen molar-refractivity contribution in [3.8, 4) is 0 Å². The van der Waals surface area contributed by atoms with Gasteiger partial charge in [-0.25, -0.2) is 13.8 Å². The lowest BCUT2D eigenvalue weighted by molar-refractivity contribution is -0.141. The number of hydrogen-bond acceptors (Lipinski definition) is 2. The fraction of sp³-hybridized carbons (Fsp3) is 0.286. The molecule has 1 aromatic heterocycles. The summed E-state index contributed by atoms with van der Waals surface area (Å²) < 4.78 is 73.0. The lowest BCUT2D eigenvalue weighted by Gasteiger charge is -2.10. The highest BCUT2D eigenvalue weighted by atomic mass is 19.4. The Morgan fingerprint density at radius 1 is 1.27 bits per heavy atom. The standard InChI is InChI=1S/C7H4F6N2/c8-5(9)2-1-3(7(11,12)13)15-6(10)4(2)14/h1,5H,14H2. The van der Waals surface area contributed by atoms with Gasteiger partial charge in [0.15, 0.2) is 0 Å². The molecule has 0 aliphatic carbocycles. The highest BCUT2D eigenvalue weighted by Crippen LogP contribution is 2.33. The third-order valence-electron chi connectivity index (χ3n) is 1.57. The minimum absolute atomic E-state index is 0.0308. The first-order chi connectivity index (χ1) is 6.73. The molecule has 8 heteroatoms. The molecule has 0 saturated carbocycles. The molecule has 0 radical (unpaired) electrons. The zero-order chi connectivity index (χ0) is 11.8. The van der Waals surface area contributed by atoms with Crippen molar-refractivity contribution in [2.75, 3.05) is 5.73 Å². The molecule has 15 heavy (non-hydrogen) atoms. The van der Waals surface area contributed by atoms with Gasteiger partial charge in [-0.05, 0) is 6.07 Å². The maximum Gasteiger partial charge on any atom is 0.433 e. The number of rotatable bonds is 1. The molecule has 0 bridgehead atoms. The van der Waals surface area contributed by atoms with E-state index in [1.54, 1.807) is 0 Å². The van der Waals surface area contributed by atoms with Gasteiger partial charge in [0.2, 0.25) is 5.95 Å². The van der Waals surface area contributed by atoms with E-state index in [1.807, 2.05) is 0 Å². The second-order valence-electron chi connectivity index (χ2n) is 2.60. The smallest absolute Gasteiger partial charge is 0.395 e. The fourth-order valence-electron chi connectivity index (χ4n) is 0.868. The van der Waals surface area contributed by atoms with E-state index in [4.69, 9.17) is 5.73 Å². The van der Waals surface area contributed by atoms with Gasteiger partial charge in [0.05, 0.1) is 5.69 Å². The van der Waals surface area contributed by atoms with E-state index >= 15 is 0 Å². The molecule has 2 nitrogen and oxygen atoms in total. The third-order valence-corrected chi connectivity index (χ3v) is 1.57. The van der Waals surface area contributed by atoms with E-state index in [2.05, 4.69) is 4.98 Å². The monoisotopic (exact) mass is 230 g/mol. The van der Waals surface area contributed by atoms with E-state index < -0.39 is 35.5 Å². The zero-order valence-electron chi connectivity index (χ0n) is 6.95. The van der Waals surface area contributed by atoms with Crippen LogP contribution in [0.3, 0.4) is 0 Å². The van der Waals surface area contributed by atoms with Gasteiger partial charge in [0, 0.05) is 5.56 Å². The van der Waals surface area contributed by atoms with Crippen LogP contribution >= 0.6 is 0 Å². The lowest BCUT2D eigenvalue weighted by Crippen LogP contribution is -2.12. The Morgan fingerprint density at radius 3 is 2.20 bits per heavy atom.